The van der Waals surface area contributed by atoms with E-state index >= 15 is 0 Å². The van der Waals surface area contributed by atoms with E-state index in [9.17, 15) is 8.78 Å². The van der Waals surface area contributed by atoms with E-state index in [0.717, 1.165) is 29.7 Å². The summed E-state index contributed by atoms with van der Waals surface area (Å²) in [6.45, 7) is 13.0. The van der Waals surface area contributed by atoms with Gasteiger partial charge >= 0.3 is 0 Å². The molecule has 0 amide bonds. The van der Waals surface area contributed by atoms with Gasteiger partial charge in [-0.05, 0) is 67.2 Å². The molecule has 1 aliphatic rings. The zero-order valence-corrected chi connectivity index (χ0v) is 17.4. The summed E-state index contributed by atoms with van der Waals surface area (Å²) in [5.74, 6) is -1.17. The lowest BCUT2D eigenvalue weighted by Gasteiger charge is -2.38. The highest BCUT2D eigenvalue weighted by molar-refractivity contribution is 6.74. The summed E-state index contributed by atoms with van der Waals surface area (Å²) in [6.07, 6.45) is 1.67. The lowest BCUT2D eigenvalue weighted by molar-refractivity contribution is 0.181. The number of pyridine rings is 1. The Bertz CT molecular complexity index is 822. The monoisotopic (exact) mass is 375 g/mol. The van der Waals surface area contributed by atoms with Crippen LogP contribution in [0.1, 0.15) is 50.1 Å². The van der Waals surface area contributed by atoms with Gasteiger partial charge < -0.3 is 4.43 Å². The van der Waals surface area contributed by atoms with Crippen LogP contribution < -0.4 is 0 Å². The zero-order chi connectivity index (χ0) is 19.3. The summed E-state index contributed by atoms with van der Waals surface area (Å²) in [4.78, 5) is 4.67. The first kappa shape index (κ1) is 19.2. The Balaban J connectivity index is 2.05. The third kappa shape index (κ3) is 3.34. The Morgan fingerprint density at radius 2 is 1.77 bits per heavy atom. The summed E-state index contributed by atoms with van der Waals surface area (Å²) in [5.41, 5.74) is 3.33. The topological polar surface area (TPSA) is 22.1 Å². The van der Waals surface area contributed by atoms with Crippen molar-refractivity contribution in [2.24, 2.45) is 0 Å². The van der Waals surface area contributed by atoms with Crippen LogP contribution in [0.4, 0.5) is 8.78 Å². The van der Waals surface area contributed by atoms with Crippen molar-refractivity contribution in [2.75, 3.05) is 0 Å². The number of hydrogen-bond donors (Lipinski definition) is 0. The van der Waals surface area contributed by atoms with Crippen LogP contribution in [0.5, 0.6) is 0 Å². The molecule has 1 atom stereocenters. The Morgan fingerprint density at radius 3 is 2.35 bits per heavy atom. The van der Waals surface area contributed by atoms with Gasteiger partial charge in [-0.2, -0.15) is 0 Å². The Labute approximate surface area is 155 Å². The quantitative estimate of drug-likeness (QED) is 0.584. The second-order valence-corrected chi connectivity index (χ2v) is 13.4. The fourth-order valence-corrected chi connectivity index (χ4v) is 4.54. The lowest BCUT2D eigenvalue weighted by atomic mass is 10.0. The van der Waals surface area contributed by atoms with Gasteiger partial charge in [0.2, 0.25) is 0 Å². The summed E-state index contributed by atoms with van der Waals surface area (Å²) in [7, 11) is -1.96. The van der Waals surface area contributed by atoms with Gasteiger partial charge in [0, 0.05) is 0 Å². The highest BCUT2D eigenvalue weighted by Crippen LogP contribution is 2.44. The van der Waals surface area contributed by atoms with Crippen LogP contribution in [-0.4, -0.2) is 13.3 Å². The Morgan fingerprint density at radius 1 is 1.15 bits per heavy atom. The fourth-order valence-electron chi connectivity index (χ4n) is 3.25. The van der Waals surface area contributed by atoms with E-state index in [-0.39, 0.29) is 16.7 Å². The Hall–Kier alpha value is -1.59. The average molecular weight is 376 g/mol. The molecule has 5 heteroatoms. The maximum atomic E-state index is 14.2. The third-order valence-corrected chi connectivity index (χ3v) is 10.3. The van der Waals surface area contributed by atoms with Crippen molar-refractivity contribution in [3.8, 4) is 11.3 Å². The molecule has 0 unspecified atom stereocenters. The molecular formula is C21H27F2NOSi. The van der Waals surface area contributed by atoms with Crippen LogP contribution in [0.2, 0.25) is 18.1 Å². The fraction of sp³-hybridized carbons (Fsp3) is 0.476. The normalized spacial score (nSPS) is 17.5. The van der Waals surface area contributed by atoms with E-state index < -0.39 is 20.0 Å². The van der Waals surface area contributed by atoms with Crippen LogP contribution >= 0.6 is 0 Å². The minimum Gasteiger partial charge on any atom is -0.408 e. The number of rotatable bonds is 3. The molecule has 2 aromatic rings. The molecule has 0 saturated carbocycles. The molecule has 0 radical (unpaired) electrons. The van der Waals surface area contributed by atoms with Crippen molar-refractivity contribution in [1.82, 2.24) is 4.98 Å². The number of hydrogen-bond acceptors (Lipinski definition) is 2. The van der Waals surface area contributed by atoms with Gasteiger partial charge in [-0.3, -0.25) is 0 Å². The number of benzene rings is 1. The Kier molecular flexibility index (Phi) is 4.82. The van der Waals surface area contributed by atoms with E-state index in [0.29, 0.717) is 5.69 Å². The number of fused-ring (bicyclic) bond motifs is 1. The van der Waals surface area contributed by atoms with Crippen molar-refractivity contribution < 1.29 is 13.2 Å². The van der Waals surface area contributed by atoms with Crippen molar-refractivity contribution in [2.45, 2.75) is 64.8 Å². The summed E-state index contributed by atoms with van der Waals surface area (Å²) < 4.78 is 35.1. The molecular weight excluding hydrogens is 348 g/mol. The highest BCUT2D eigenvalue weighted by atomic mass is 28.4. The molecule has 1 aromatic carbocycles. The molecule has 2 nitrogen and oxygen atoms in total. The molecule has 3 rings (SSSR count). The van der Waals surface area contributed by atoms with Crippen LogP contribution in [0, 0.1) is 18.6 Å². The summed E-state index contributed by atoms with van der Waals surface area (Å²) >= 11 is 0. The van der Waals surface area contributed by atoms with Crippen LogP contribution in [0.15, 0.2) is 24.3 Å². The number of aromatic nitrogens is 1. The highest BCUT2D eigenvalue weighted by Gasteiger charge is 2.41. The minimum atomic E-state index is -1.96. The van der Waals surface area contributed by atoms with Gasteiger partial charge in [-0.15, -0.1) is 0 Å². The van der Waals surface area contributed by atoms with Crippen LogP contribution in [0.25, 0.3) is 11.3 Å². The number of nitrogens with zero attached hydrogens (tertiary/aromatic N) is 1. The number of aryl methyl sites for hydroxylation is 1. The van der Waals surface area contributed by atoms with Gasteiger partial charge in [-0.25, -0.2) is 13.8 Å². The number of halogens is 2. The first-order valence-corrected chi connectivity index (χ1v) is 12.0. The van der Waals surface area contributed by atoms with Gasteiger partial charge in [0.15, 0.2) is 8.32 Å². The van der Waals surface area contributed by atoms with Crippen molar-refractivity contribution in [3.05, 3.63) is 52.7 Å². The molecule has 0 fully saturated rings. The zero-order valence-electron chi connectivity index (χ0n) is 16.4. The largest absolute Gasteiger partial charge is 0.408 e. The minimum absolute atomic E-state index is 0.0589. The molecule has 26 heavy (non-hydrogen) atoms. The maximum Gasteiger partial charge on any atom is 0.192 e. The van der Waals surface area contributed by atoms with E-state index in [1.165, 1.54) is 18.2 Å². The van der Waals surface area contributed by atoms with Gasteiger partial charge in [-0.1, -0.05) is 26.8 Å². The maximum absolute atomic E-state index is 14.2. The standard InChI is InChI=1S/C21H27F2NOSi/c1-13-12-17(19-15(22)8-7-9-16(19)23)24-20-14(13)10-11-18(20)25-26(5,6)21(2,3)4/h7-9,12,18H,10-11H2,1-6H3/t18-/m0/s1. The molecule has 140 valence electrons. The molecule has 0 aliphatic heterocycles. The molecule has 1 aliphatic carbocycles. The van der Waals surface area contributed by atoms with E-state index in [1.807, 2.05) is 6.92 Å². The van der Waals surface area contributed by atoms with Crippen molar-refractivity contribution in [1.29, 1.82) is 0 Å². The predicted molar refractivity (Wildman–Crippen MR) is 104 cm³/mol. The second kappa shape index (κ2) is 6.53. The van der Waals surface area contributed by atoms with E-state index in [4.69, 9.17) is 4.43 Å². The average Bonchev–Trinajstić information content (AvgIpc) is 2.89. The van der Waals surface area contributed by atoms with Crippen LogP contribution in [0.3, 0.4) is 0 Å². The smallest absolute Gasteiger partial charge is 0.192 e. The van der Waals surface area contributed by atoms with Gasteiger partial charge in [0.25, 0.3) is 0 Å². The summed E-state index contributed by atoms with van der Waals surface area (Å²) in [5, 5.41) is 0.0973. The van der Waals surface area contributed by atoms with E-state index in [2.05, 4.69) is 38.8 Å². The van der Waals surface area contributed by atoms with Gasteiger partial charge in [0.1, 0.15) is 11.6 Å². The lowest BCUT2D eigenvalue weighted by Crippen LogP contribution is -2.41. The van der Waals surface area contributed by atoms with Crippen LogP contribution in [-0.2, 0) is 10.8 Å². The predicted octanol–water partition coefficient (Wildman–Crippen LogP) is 6.34. The third-order valence-electron chi connectivity index (χ3n) is 5.80. The molecule has 0 saturated heterocycles. The molecule has 0 bridgehead atoms. The molecule has 0 N–H and O–H groups in total. The van der Waals surface area contributed by atoms with Crippen molar-refractivity contribution in [3.63, 3.8) is 0 Å². The van der Waals surface area contributed by atoms with Gasteiger partial charge in [0.05, 0.1) is 23.1 Å². The van der Waals surface area contributed by atoms with Crippen molar-refractivity contribution >= 4 is 8.32 Å². The molecule has 0 spiro atoms. The summed E-state index contributed by atoms with van der Waals surface area (Å²) in [6, 6.07) is 5.70. The first-order chi connectivity index (χ1) is 12.0. The molecule has 1 heterocycles. The first-order valence-electron chi connectivity index (χ1n) is 9.14. The second-order valence-electron chi connectivity index (χ2n) is 8.69. The van der Waals surface area contributed by atoms with E-state index in [1.54, 1.807) is 6.07 Å². The SMILES string of the molecule is Cc1cc(-c2c(F)cccc2F)nc2c1CC[C@@H]2O[Si](C)(C)C(C)(C)C. The molecule has 1 aromatic heterocycles.